The van der Waals surface area contributed by atoms with E-state index in [4.69, 9.17) is 11.6 Å². The second kappa shape index (κ2) is 7.09. The van der Waals surface area contributed by atoms with Crippen molar-refractivity contribution in [1.82, 2.24) is 9.78 Å². The smallest absolute Gasteiger partial charge is 0.185 e. The fourth-order valence-electron chi connectivity index (χ4n) is 2.90. The minimum atomic E-state index is 0.144. The zero-order chi connectivity index (χ0) is 13.7. The Morgan fingerprint density at radius 1 is 1.32 bits per heavy atom. The Kier molecular flexibility index (Phi) is 5.44. The number of halogens is 1. The van der Waals surface area contributed by atoms with Crippen molar-refractivity contribution < 1.29 is 4.79 Å². The van der Waals surface area contributed by atoms with Gasteiger partial charge in [-0.25, -0.2) is 0 Å². The monoisotopic (exact) mass is 282 g/mol. The summed E-state index contributed by atoms with van der Waals surface area (Å²) in [6.45, 7) is 2.85. The highest BCUT2D eigenvalue weighted by atomic mass is 35.5. The van der Waals surface area contributed by atoms with Gasteiger partial charge in [0.05, 0.1) is 11.2 Å². The molecule has 1 fully saturated rings. The van der Waals surface area contributed by atoms with Crippen molar-refractivity contribution in [2.45, 2.75) is 64.8 Å². The first-order valence-corrected chi connectivity index (χ1v) is 7.87. The maximum atomic E-state index is 12.7. The van der Waals surface area contributed by atoms with E-state index in [2.05, 4.69) is 12.0 Å². The highest BCUT2D eigenvalue weighted by Gasteiger charge is 2.26. The molecule has 106 valence electrons. The van der Waals surface area contributed by atoms with Crippen LogP contribution in [0.2, 0.25) is 5.02 Å². The molecule has 19 heavy (non-hydrogen) atoms. The summed E-state index contributed by atoms with van der Waals surface area (Å²) < 4.78 is 1.78. The van der Waals surface area contributed by atoms with Crippen molar-refractivity contribution in [2.24, 2.45) is 5.92 Å². The molecule has 1 aliphatic carbocycles. The van der Waals surface area contributed by atoms with Gasteiger partial charge >= 0.3 is 0 Å². The van der Waals surface area contributed by atoms with E-state index in [0.717, 1.165) is 38.6 Å². The number of nitrogens with zero attached hydrogens (tertiary/aromatic N) is 2. The van der Waals surface area contributed by atoms with E-state index in [9.17, 15) is 4.79 Å². The Morgan fingerprint density at radius 2 is 1.95 bits per heavy atom. The predicted octanol–water partition coefficient (Wildman–Crippen LogP) is 4.49. The second-order valence-corrected chi connectivity index (χ2v) is 5.88. The number of ketones is 1. The number of rotatable bonds is 4. The van der Waals surface area contributed by atoms with Crippen molar-refractivity contribution in [3.63, 3.8) is 0 Å². The molecule has 0 saturated heterocycles. The molecule has 0 atom stereocenters. The first-order valence-electron chi connectivity index (χ1n) is 7.49. The quantitative estimate of drug-likeness (QED) is 0.763. The summed E-state index contributed by atoms with van der Waals surface area (Å²) in [4.78, 5) is 12.7. The molecule has 0 radical (unpaired) electrons. The predicted molar refractivity (Wildman–Crippen MR) is 77.7 cm³/mol. The molecule has 1 aromatic rings. The third kappa shape index (κ3) is 3.59. The minimum Gasteiger partial charge on any atom is -0.292 e. The van der Waals surface area contributed by atoms with Crippen LogP contribution in [0, 0.1) is 5.92 Å². The molecule has 0 bridgehead atoms. The van der Waals surface area contributed by atoms with Crippen LogP contribution >= 0.6 is 11.6 Å². The van der Waals surface area contributed by atoms with Crippen molar-refractivity contribution in [3.8, 4) is 0 Å². The van der Waals surface area contributed by atoms with Crippen molar-refractivity contribution in [1.29, 1.82) is 0 Å². The van der Waals surface area contributed by atoms with E-state index in [-0.39, 0.29) is 11.7 Å². The molecule has 0 spiro atoms. The summed E-state index contributed by atoms with van der Waals surface area (Å²) in [5, 5.41) is 4.74. The van der Waals surface area contributed by atoms with Gasteiger partial charge in [-0.2, -0.15) is 5.10 Å². The van der Waals surface area contributed by atoms with E-state index in [1.807, 2.05) is 0 Å². The Hall–Kier alpha value is -0.830. The number of aryl methyl sites for hydroxylation is 1. The second-order valence-electron chi connectivity index (χ2n) is 5.47. The summed E-state index contributed by atoms with van der Waals surface area (Å²) in [6.07, 6.45) is 10.7. The van der Waals surface area contributed by atoms with Crippen LogP contribution in [0.5, 0.6) is 0 Å². The zero-order valence-electron chi connectivity index (χ0n) is 11.7. The maximum absolute atomic E-state index is 12.7. The molecular formula is C15H23ClN2O. The van der Waals surface area contributed by atoms with Crippen LogP contribution in [0.3, 0.4) is 0 Å². The van der Waals surface area contributed by atoms with Gasteiger partial charge < -0.3 is 0 Å². The summed E-state index contributed by atoms with van der Waals surface area (Å²) in [7, 11) is 0. The first-order chi connectivity index (χ1) is 9.24. The van der Waals surface area contributed by atoms with Crippen molar-refractivity contribution in [2.75, 3.05) is 0 Å². The fraction of sp³-hybridized carbons (Fsp3) is 0.733. The van der Waals surface area contributed by atoms with Gasteiger partial charge in [0.25, 0.3) is 0 Å². The average Bonchev–Trinajstić information content (AvgIpc) is 2.70. The summed E-state index contributed by atoms with van der Waals surface area (Å²) in [5.41, 5.74) is 0.633. The van der Waals surface area contributed by atoms with E-state index >= 15 is 0 Å². The molecule has 0 N–H and O–H groups in total. The Morgan fingerprint density at radius 3 is 2.58 bits per heavy atom. The van der Waals surface area contributed by atoms with E-state index < -0.39 is 0 Å². The number of aromatic nitrogens is 2. The van der Waals surface area contributed by atoms with Crippen LogP contribution in [0.1, 0.15) is 68.8 Å². The lowest BCUT2D eigenvalue weighted by Gasteiger charge is -2.19. The molecule has 1 aliphatic rings. The lowest BCUT2D eigenvalue weighted by Crippen LogP contribution is -2.20. The highest BCUT2D eigenvalue weighted by Crippen LogP contribution is 2.28. The topological polar surface area (TPSA) is 34.9 Å². The summed E-state index contributed by atoms with van der Waals surface area (Å²) in [5.74, 6) is 0.350. The van der Waals surface area contributed by atoms with E-state index in [0.29, 0.717) is 10.7 Å². The van der Waals surface area contributed by atoms with Gasteiger partial charge in [0.1, 0.15) is 5.69 Å². The fourth-order valence-corrected chi connectivity index (χ4v) is 3.13. The van der Waals surface area contributed by atoms with E-state index in [1.54, 1.807) is 10.9 Å². The van der Waals surface area contributed by atoms with Crippen LogP contribution in [0.25, 0.3) is 0 Å². The molecule has 4 heteroatoms. The number of Topliss-reactive ketones (excluding diaryl/α,β-unsaturated/α-hetero) is 1. The number of carbonyl (C=O) groups excluding carboxylic acids is 1. The highest BCUT2D eigenvalue weighted by molar-refractivity contribution is 6.33. The van der Waals surface area contributed by atoms with Crippen LogP contribution in [-0.2, 0) is 6.54 Å². The summed E-state index contributed by atoms with van der Waals surface area (Å²) >= 11 is 6.16. The molecule has 0 amide bonds. The third-order valence-corrected chi connectivity index (χ3v) is 4.22. The van der Waals surface area contributed by atoms with Gasteiger partial charge in [-0.1, -0.05) is 50.6 Å². The van der Waals surface area contributed by atoms with Gasteiger partial charge in [0.2, 0.25) is 0 Å². The van der Waals surface area contributed by atoms with Crippen LogP contribution < -0.4 is 0 Å². The Balaban J connectivity index is 2.14. The van der Waals surface area contributed by atoms with Gasteiger partial charge in [-0.3, -0.25) is 9.48 Å². The largest absolute Gasteiger partial charge is 0.292 e. The normalized spacial score (nSPS) is 18.0. The number of hydrogen-bond donors (Lipinski definition) is 0. The molecule has 0 aromatic carbocycles. The number of hydrogen-bond acceptors (Lipinski definition) is 2. The molecule has 3 nitrogen and oxygen atoms in total. The Labute approximate surface area is 120 Å². The molecule has 0 aliphatic heterocycles. The molecule has 1 heterocycles. The molecule has 0 unspecified atom stereocenters. The first kappa shape index (κ1) is 14.6. The third-order valence-electron chi connectivity index (χ3n) is 3.94. The van der Waals surface area contributed by atoms with E-state index in [1.165, 1.54) is 19.3 Å². The van der Waals surface area contributed by atoms with Crippen LogP contribution in [0.15, 0.2) is 6.20 Å². The van der Waals surface area contributed by atoms with Crippen molar-refractivity contribution in [3.05, 3.63) is 16.9 Å². The Bertz CT molecular complexity index is 420. The van der Waals surface area contributed by atoms with Crippen LogP contribution in [-0.4, -0.2) is 15.6 Å². The average molecular weight is 283 g/mol. The summed E-state index contributed by atoms with van der Waals surface area (Å²) in [6, 6.07) is 0. The maximum Gasteiger partial charge on any atom is 0.185 e. The van der Waals surface area contributed by atoms with Crippen LogP contribution in [0.4, 0.5) is 0 Å². The molecule has 1 aromatic heterocycles. The van der Waals surface area contributed by atoms with Gasteiger partial charge in [-0.15, -0.1) is 0 Å². The zero-order valence-corrected chi connectivity index (χ0v) is 12.5. The SMILES string of the molecule is CCCn1ncc(Cl)c1C(=O)C1CCCCCCC1. The van der Waals surface area contributed by atoms with Gasteiger partial charge in [0.15, 0.2) is 5.78 Å². The van der Waals surface area contributed by atoms with Gasteiger partial charge in [0, 0.05) is 12.5 Å². The molecular weight excluding hydrogens is 260 g/mol. The molecule has 2 rings (SSSR count). The lowest BCUT2D eigenvalue weighted by molar-refractivity contribution is 0.0887. The minimum absolute atomic E-state index is 0.144. The van der Waals surface area contributed by atoms with Crippen molar-refractivity contribution >= 4 is 17.4 Å². The standard InChI is InChI=1S/C15H23ClN2O/c1-2-10-18-14(13(16)11-17-18)15(19)12-8-6-4-3-5-7-9-12/h11-12H,2-10H2,1H3. The molecule has 1 saturated carbocycles. The number of carbonyl (C=O) groups is 1. The lowest BCUT2D eigenvalue weighted by atomic mass is 9.87. The van der Waals surface area contributed by atoms with Gasteiger partial charge in [-0.05, 0) is 19.3 Å².